The highest BCUT2D eigenvalue weighted by Gasteiger charge is 2.24. The summed E-state index contributed by atoms with van der Waals surface area (Å²) in [5.74, 6) is 1.42. The van der Waals surface area contributed by atoms with Gasteiger partial charge in [-0.25, -0.2) is 9.97 Å². The van der Waals surface area contributed by atoms with Gasteiger partial charge in [0.05, 0.1) is 11.9 Å². The predicted octanol–water partition coefficient (Wildman–Crippen LogP) is 2.19. The van der Waals surface area contributed by atoms with E-state index in [9.17, 15) is 0 Å². The molecule has 1 atom stereocenters. The van der Waals surface area contributed by atoms with Crippen molar-refractivity contribution in [2.75, 3.05) is 32.4 Å². The van der Waals surface area contributed by atoms with Gasteiger partial charge in [-0.1, -0.05) is 6.92 Å². The Bertz CT molecular complexity index is 611. The zero-order chi connectivity index (χ0) is 14.8. The minimum absolute atomic E-state index is 0.598. The Morgan fingerprint density at radius 1 is 1.48 bits per heavy atom. The molecule has 2 aromatic heterocycles. The summed E-state index contributed by atoms with van der Waals surface area (Å²) in [6.45, 7) is 6.45. The normalized spacial score (nSPS) is 19.9. The average Bonchev–Trinajstić information content (AvgIpc) is 3.07. The Kier molecular flexibility index (Phi) is 4.37. The van der Waals surface area contributed by atoms with Crippen LogP contribution in [0, 0.1) is 0 Å². The van der Waals surface area contributed by atoms with Gasteiger partial charge in [-0.05, 0) is 44.4 Å². The number of rotatable bonds is 5. The van der Waals surface area contributed by atoms with Crippen molar-refractivity contribution in [2.24, 2.45) is 0 Å². The van der Waals surface area contributed by atoms with E-state index in [0.29, 0.717) is 11.9 Å². The number of nitrogens with two attached hydrogens (primary N) is 1. The Morgan fingerprint density at radius 3 is 3.14 bits per heavy atom. The van der Waals surface area contributed by atoms with Crippen LogP contribution in [0.2, 0.25) is 0 Å². The number of thiophene rings is 1. The SMILES string of the molecule is CCN1CCCC1CN(C)Cc1nc(N)c2ccsc2n1. The lowest BCUT2D eigenvalue weighted by Crippen LogP contribution is -2.38. The van der Waals surface area contributed by atoms with Gasteiger partial charge in [-0.3, -0.25) is 9.80 Å². The summed E-state index contributed by atoms with van der Waals surface area (Å²) >= 11 is 1.62. The zero-order valence-corrected chi connectivity index (χ0v) is 13.6. The molecule has 6 heteroatoms. The molecule has 2 aromatic rings. The van der Waals surface area contributed by atoms with E-state index in [4.69, 9.17) is 5.73 Å². The number of nitrogen functional groups attached to an aromatic ring is 1. The summed E-state index contributed by atoms with van der Waals surface area (Å²) in [5.41, 5.74) is 6.01. The average molecular weight is 305 g/mol. The van der Waals surface area contributed by atoms with E-state index in [2.05, 4.69) is 33.7 Å². The molecule has 1 aliphatic heterocycles. The molecule has 1 saturated heterocycles. The van der Waals surface area contributed by atoms with Gasteiger partial charge in [0.1, 0.15) is 16.5 Å². The number of hydrogen-bond acceptors (Lipinski definition) is 6. The molecule has 0 amide bonds. The highest BCUT2D eigenvalue weighted by atomic mass is 32.1. The van der Waals surface area contributed by atoms with Gasteiger partial charge in [-0.2, -0.15) is 0 Å². The zero-order valence-electron chi connectivity index (χ0n) is 12.7. The van der Waals surface area contributed by atoms with Crippen LogP contribution in [-0.2, 0) is 6.54 Å². The molecule has 3 rings (SSSR count). The molecule has 0 saturated carbocycles. The molecule has 3 heterocycles. The molecular formula is C15H23N5S. The molecule has 1 fully saturated rings. The summed E-state index contributed by atoms with van der Waals surface area (Å²) < 4.78 is 0. The Hall–Kier alpha value is -1.24. The molecule has 0 bridgehead atoms. The fourth-order valence-electron chi connectivity index (χ4n) is 3.18. The fraction of sp³-hybridized carbons (Fsp3) is 0.600. The molecule has 21 heavy (non-hydrogen) atoms. The fourth-order valence-corrected chi connectivity index (χ4v) is 3.97. The molecule has 0 spiro atoms. The molecule has 0 aliphatic carbocycles. The Labute approximate surface area is 129 Å². The number of nitrogens with zero attached hydrogens (tertiary/aromatic N) is 4. The molecule has 1 aliphatic rings. The summed E-state index contributed by atoms with van der Waals surface area (Å²) in [6.07, 6.45) is 2.61. The first-order valence-electron chi connectivity index (χ1n) is 7.59. The number of likely N-dealkylation sites (tertiary alicyclic amines) is 1. The second-order valence-corrected chi connectivity index (χ2v) is 6.68. The van der Waals surface area contributed by atoms with Gasteiger partial charge < -0.3 is 5.73 Å². The van der Waals surface area contributed by atoms with Crippen molar-refractivity contribution in [1.82, 2.24) is 19.8 Å². The second kappa shape index (κ2) is 6.25. The monoisotopic (exact) mass is 305 g/mol. The van der Waals surface area contributed by atoms with Crippen molar-refractivity contribution in [1.29, 1.82) is 0 Å². The number of fused-ring (bicyclic) bond motifs is 1. The molecule has 114 valence electrons. The summed E-state index contributed by atoms with van der Waals surface area (Å²) in [7, 11) is 2.14. The Balaban J connectivity index is 1.67. The van der Waals surface area contributed by atoms with Crippen LogP contribution in [0.4, 0.5) is 5.82 Å². The van der Waals surface area contributed by atoms with Crippen molar-refractivity contribution >= 4 is 27.4 Å². The van der Waals surface area contributed by atoms with Gasteiger partial charge in [-0.15, -0.1) is 11.3 Å². The predicted molar refractivity (Wildman–Crippen MR) is 88.4 cm³/mol. The van der Waals surface area contributed by atoms with Gasteiger partial charge in [0.15, 0.2) is 0 Å². The van der Waals surface area contributed by atoms with Crippen LogP contribution in [0.25, 0.3) is 10.2 Å². The lowest BCUT2D eigenvalue weighted by atomic mass is 10.2. The number of anilines is 1. The van der Waals surface area contributed by atoms with E-state index >= 15 is 0 Å². The van der Waals surface area contributed by atoms with Crippen LogP contribution in [-0.4, -0.2) is 52.5 Å². The third-order valence-corrected chi connectivity index (χ3v) is 5.05. The highest BCUT2D eigenvalue weighted by Crippen LogP contribution is 2.23. The topological polar surface area (TPSA) is 58.3 Å². The van der Waals surface area contributed by atoms with Crippen LogP contribution >= 0.6 is 11.3 Å². The number of aromatic nitrogens is 2. The first-order valence-corrected chi connectivity index (χ1v) is 8.47. The second-order valence-electron chi connectivity index (χ2n) is 5.79. The molecule has 0 radical (unpaired) electrons. The molecular weight excluding hydrogens is 282 g/mol. The summed E-state index contributed by atoms with van der Waals surface area (Å²) in [6, 6.07) is 2.66. The minimum Gasteiger partial charge on any atom is -0.383 e. The van der Waals surface area contributed by atoms with Gasteiger partial charge in [0, 0.05) is 12.6 Å². The lowest BCUT2D eigenvalue weighted by molar-refractivity contribution is 0.192. The van der Waals surface area contributed by atoms with E-state index in [1.807, 2.05) is 11.4 Å². The van der Waals surface area contributed by atoms with E-state index in [1.165, 1.54) is 19.4 Å². The molecule has 2 N–H and O–H groups in total. The van der Waals surface area contributed by atoms with Crippen molar-refractivity contribution in [3.63, 3.8) is 0 Å². The first-order chi connectivity index (χ1) is 10.2. The quantitative estimate of drug-likeness (QED) is 0.917. The van der Waals surface area contributed by atoms with Gasteiger partial charge in [0.25, 0.3) is 0 Å². The number of hydrogen-bond donors (Lipinski definition) is 1. The van der Waals surface area contributed by atoms with Crippen LogP contribution in [0.1, 0.15) is 25.6 Å². The van der Waals surface area contributed by atoms with Crippen LogP contribution < -0.4 is 5.73 Å². The molecule has 0 aromatic carbocycles. The third-order valence-electron chi connectivity index (χ3n) is 4.24. The van der Waals surface area contributed by atoms with Crippen molar-refractivity contribution in [2.45, 2.75) is 32.4 Å². The molecule has 1 unspecified atom stereocenters. The Morgan fingerprint density at radius 2 is 2.33 bits per heavy atom. The van der Waals surface area contributed by atoms with Crippen LogP contribution in [0.3, 0.4) is 0 Å². The van der Waals surface area contributed by atoms with Crippen molar-refractivity contribution < 1.29 is 0 Å². The highest BCUT2D eigenvalue weighted by molar-refractivity contribution is 7.16. The van der Waals surface area contributed by atoms with Crippen LogP contribution in [0.15, 0.2) is 11.4 Å². The van der Waals surface area contributed by atoms with Crippen molar-refractivity contribution in [3.8, 4) is 0 Å². The van der Waals surface area contributed by atoms with Crippen LogP contribution in [0.5, 0.6) is 0 Å². The van der Waals surface area contributed by atoms with E-state index in [-0.39, 0.29) is 0 Å². The maximum atomic E-state index is 6.01. The van der Waals surface area contributed by atoms with E-state index in [1.54, 1.807) is 11.3 Å². The smallest absolute Gasteiger partial charge is 0.146 e. The number of likely N-dealkylation sites (N-methyl/N-ethyl adjacent to an activating group) is 2. The van der Waals surface area contributed by atoms with E-state index < -0.39 is 0 Å². The standard InChI is InChI=1S/C15H23N5S/c1-3-20-7-4-5-11(20)9-19(2)10-13-17-14(16)12-6-8-21-15(12)18-13/h6,8,11H,3-5,7,9-10H2,1-2H3,(H2,16,17,18). The van der Waals surface area contributed by atoms with E-state index in [0.717, 1.165) is 35.7 Å². The molecule has 5 nitrogen and oxygen atoms in total. The summed E-state index contributed by atoms with van der Waals surface area (Å²) in [4.78, 5) is 14.9. The third kappa shape index (κ3) is 3.17. The summed E-state index contributed by atoms with van der Waals surface area (Å²) in [5, 5.41) is 2.99. The van der Waals surface area contributed by atoms with Crippen molar-refractivity contribution in [3.05, 3.63) is 17.3 Å². The maximum absolute atomic E-state index is 6.01. The van der Waals surface area contributed by atoms with Gasteiger partial charge in [0.2, 0.25) is 0 Å². The first kappa shape index (κ1) is 14.7. The largest absolute Gasteiger partial charge is 0.383 e. The van der Waals surface area contributed by atoms with Gasteiger partial charge >= 0.3 is 0 Å². The lowest BCUT2D eigenvalue weighted by Gasteiger charge is -2.27. The maximum Gasteiger partial charge on any atom is 0.146 e. The minimum atomic E-state index is 0.598.